The highest BCUT2D eigenvalue weighted by atomic mass is 35.5. The molecule has 0 spiro atoms. The molecule has 9 nitrogen and oxygen atoms in total. The van der Waals surface area contributed by atoms with Gasteiger partial charge in [0.2, 0.25) is 5.95 Å². The monoisotopic (exact) mass is 553 g/mol. The predicted molar refractivity (Wildman–Crippen MR) is 131 cm³/mol. The number of methoxy groups -OCH3 is 1. The first-order chi connectivity index (χ1) is 17.6. The van der Waals surface area contributed by atoms with Crippen molar-refractivity contribution in [1.29, 1.82) is 0 Å². The minimum absolute atomic E-state index is 0.0454. The van der Waals surface area contributed by atoms with Crippen LogP contribution in [0.4, 0.5) is 24.8 Å². The maximum atomic E-state index is 13.9. The first-order valence-corrected chi connectivity index (χ1v) is 11.2. The van der Waals surface area contributed by atoms with Gasteiger partial charge in [-0.1, -0.05) is 29.3 Å². The lowest BCUT2D eigenvalue weighted by Gasteiger charge is -2.17. The van der Waals surface area contributed by atoms with Gasteiger partial charge in [-0.25, -0.2) is 27.3 Å². The van der Waals surface area contributed by atoms with E-state index in [4.69, 9.17) is 27.9 Å². The van der Waals surface area contributed by atoms with Crippen LogP contribution < -0.4 is 27.0 Å². The molecule has 0 radical (unpaired) electrons. The van der Waals surface area contributed by atoms with Crippen molar-refractivity contribution >= 4 is 34.8 Å². The molecule has 192 valence electrons. The van der Waals surface area contributed by atoms with Gasteiger partial charge in [-0.3, -0.25) is 9.36 Å². The van der Waals surface area contributed by atoms with Crippen LogP contribution in [0.15, 0.2) is 57.0 Å². The third-order valence-corrected chi connectivity index (χ3v) is 5.85. The summed E-state index contributed by atoms with van der Waals surface area (Å²) < 4.78 is 47.8. The predicted octanol–water partition coefficient (Wildman–Crippen LogP) is 3.67. The van der Waals surface area contributed by atoms with Crippen molar-refractivity contribution in [2.75, 3.05) is 12.4 Å². The summed E-state index contributed by atoms with van der Waals surface area (Å²) in [6.45, 7) is -0.990. The van der Waals surface area contributed by atoms with Gasteiger partial charge in [0.15, 0.2) is 17.5 Å². The zero-order valence-electron chi connectivity index (χ0n) is 18.8. The van der Waals surface area contributed by atoms with E-state index < -0.39 is 47.5 Å². The largest absolute Gasteiger partial charge is 0.497 e. The number of H-pyrrole nitrogens is 1. The van der Waals surface area contributed by atoms with E-state index >= 15 is 0 Å². The molecule has 0 unspecified atom stereocenters. The van der Waals surface area contributed by atoms with Gasteiger partial charge in [0.25, 0.3) is 5.56 Å². The molecule has 2 N–H and O–H groups in total. The fourth-order valence-corrected chi connectivity index (χ4v) is 4.00. The second-order valence-corrected chi connectivity index (χ2v) is 8.48. The highest BCUT2D eigenvalue weighted by molar-refractivity contribution is 6.39. The van der Waals surface area contributed by atoms with Crippen LogP contribution in [-0.2, 0) is 13.1 Å². The third-order valence-electron chi connectivity index (χ3n) is 5.25. The first-order valence-electron chi connectivity index (χ1n) is 10.4. The summed E-state index contributed by atoms with van der Waals surface area (Å²) in [4.78, 5) is 44.6. The Bertz CT molecular complexity index is 1640. The Kier molecular flexibility index (Phi) is 7.41. The van der Waals surface area contributed by atoms with E-state index in [1.165, 1.54) is 37.6 Å². The van der Waals surface area contributed by atoms with Crippen molar-refractivity contribution in [3.05, 3.63) is 113 Å². The summed E-state index contributed by atoms with van der Waals surface area (Å²) in [5, 5.41) is 2.79. The van der Waals surface area contributed by atoms with Gasteiger partial charge in [-0.05, 0) is 23.8 Å². The van der Waals surface area contributed by atoms with E-state index in [2.05, 4.69) is 15.3 Å². The molecule has 2 heterocycles. The summed E-state index contributed by atoms with van der Waals surface area (Å²) in [5.74, 6) is -4.69. The molecule has 2 aromatic carbocycles. The summed E-state index contributed by atoms with van der Waals surface area (Å²) in [5.41, 5.74) is -2.59. The number of pyridine rings is 1. The zero-order chi connectivity index (χ0) is 26.9. The maximum Gasteiger partial charge on any atom is 0.355 e. The van der Waals surface area contributed by atoms with Crippen LogP contribution in [0, 0.1) is 17.5 Å². The lowest BCUT2D eigenvalue weighted by molar-refractivity contribution is 0.415. The van der Waals surface area contributed by atoms with Crippen LogP contribution in [0.1, 0.15) is 11.1 Å². The number of hydrogen-bond acceptors (Lipinski definition) is 6. The molecule has 4 rings (SSSR count). The molecular weight excluding hydrogens is 538 g/mol. The number of nitrogens with zero attached hydrogens (tertiary/aromatic N) is 3. The topological polar surface area (TPSA) is 111 Å². The van der Waals surface area contributed by atoms with Crippen LogP contribution in [0.2, 0.25) is 10.0 Å². The second-order valence-electron chi connectivity index (χ2n) is 7.66. The van der Waals surface area contributed by atoms with Crippen molar-refractivity contribution < 1.29 is 17.9 Å². The molecule has 0 amide bonds. The van der Waals surface area contributed by atoms with Gasteiger partial charge in [-0.2, -0.15) is 4.98 Å². The molecule has 0 aliphatic heterocycles. The number of nitrogens with one attached hydrogen (secondary N) is 2. The molecule has 2 aromatic heterocycles. The smallest absolute Gasteiger partial charge is 0.355 e. The summed E-state index contributed by atoms with van der Waals surface area (Å²) in [6, 6.07) is 7.11. The van der Waals surface area contributed by atoms with E-state index in [0.29, 0.717) is 22.4 Å². The maximum absolute atomic E-state index is 13.9. The van der Waals surface area contributed by atoms with Crippen LogP contribution in [0.5, 0.6) is 5.75 Å². The van der Waals surface area contributed by atoms with Crippen LogP contribution in [-0.4, -0.2) is 26.2 Å². The normalized spacial score (nSPS) is 11.0. The number of halogens is 5. The summed E-state index contributed by atoms with van der Waals surface area (Å²) in [7, 11) is 1.40. The van der Waals surface area contributed by atoms with Gasteiger partial charge in [0.1, 0.15) is 5.75 Å². The van der Waals surface area contributed by atoms with Crippen molar-refractivity contribution in [3.63, 3.8) is 0 Å². The molecule has 0 fully saturated rings. The average Bonchev–Trinajstić information content (AvgIpc) is 2.85. The van der Waals surface area contributed by atoms with Gasteiger partial charge in [0, 0.05) is 23.9 Å². The van der Waals surface area contributed by atoms with E-state index in [1.54, 1.807) is 0 Å². The Morgan fingerprint density at radius 2 is 1.65 bits per heavy atom. The van der Waals surface area contributed by atoms with Crippen molar-refractivity contribution in [2.24, 2.45) is 0 Å². The number of aromatic nitrogens is 4. The van der Waals surface area contributed by atoms with Crippen molar-refractivity contribution in [2.45, 2.75) is 13.1 Å². The van der Waals surface area contributed by atoms with Gasteiger partial charge >= 0.3 is 11.4 Å². The number of anilines is 2. The molecular formula is C23H16Cl2F3N5O4. The summed E-state index contributed by atoms with van der Waals surface area (Å²) >= 11 is 12.5. The average molecular weight is 554 g/mol. The molecule has 0 aliphatic carbocycles. The number of aromatic amines is 1. The van der Waals surface area contributed by atoms with Crippen molar-refractivity contribution in [1.82, 2.24) is 19.1 Å². The first kappa shape index (κ1) is 26.0. The quantitative estimate of drug-likeness (QED) is 0.338. The van der Waals surface area contributed by atoms with E-state index in [9.17, 15) is 27.6 Å². The highest BCUT2D eigenvalue weighted by Gasteiger charge is 2.19. The third kappa shape index (κ3) is 5.39. The van der Waals surface area contributed by atoms with Gasteiger partial charge < -0.3 is 15.0 Å². The van der Waals surface area contributed by atoms with Crippen molar-refractivity contribution in [3.8, 4) is 5.75 Å². The minimum Gasteiger partial charge on any atom is -0.497 e. The molecule has 0 bridgehead atoms. The van der Waals surface area contributed by atoms with Crippen LogP contribution >= 0.6 is 23.2 Å². The second kappa shape index (κ2) is 10.5. The van der Waals surface area contributed by atoms with E-state index in [0.717, 1.165) is 4.57 Å². The molecule has 0 saturated heterocycles. The summed E-state index contributed by atoms with van der Waals surface area (Å²) in [6.07, 6.45) is 1.37. The fourth-order valence-electron chi connectivity index (χ4n) is 3.43. The van der Waals surface area contributed by atoms with Crippen LogP contribution in [0.25, 0.3) is 0 Å². The Hall–Kier alpha value is -4.03. The van der Waals surface area contributed by atoms with Gasteiger partial charge in [-0.15, -0.1) is 0 Å². The van der Waals surface area contributed by atoms with E-state index in [-0.39, 0.29) is 32.8 Å². The molecule has 0 saturated carbocycles. The number of ether oxygens (including phenoxy) is 1. The Morgan fingerprint density at radius 3 is 2.24 bits per heavy atom. The Morgan fingerprint density at radius 1 is 1.00 bits per heavy atom. The number of hydrogen-bond donors (Lipinski definition) is 2. The zero-order valence-corrected chi connectivity index (χ0v) is 20.3. The van der Waals surface area contributed by atoms with E-state index in [1.807, 2.05) is 0 Å². The SMILES string of the molecule is COc1cc(Cl)c(Nc2nc(=O)n(Cc3ccc[nH]c3=O)c(=O)n2Cc2cc(F)c(F)c(F)c2)c(Cl)c1. The lowest BCUT2D eigenvalue weighted by Crippen LogP contribution is -2.43. The molecule has 0 aliphatic rings. The minimum atomic E-state index is -1.68. The van der Waals surface area contributed by atoms with Gasteiger partial charge in [0.05, 0.1) is 35.9 Å². The number of rotatable bonds is 7. The molecule has 4 aromatic rings. The Balaban J connectivity index is 1.88. The molecule has 0 atom stereocenters. The standard InChI is InChI=1S/C23H16Cl2F3N5O4/c1-37-13-7-14(24)19(15(25)8-13)30-21-31-22(35)33(10-12-3-2-4-29-20(12)34)23(36)32(21)9-11-5-16(26)18(28)17(27)6-11/h2-8H,9-10H2,1H3,(H,29,34)(H,30,31,35). The van der Waals surface area contributed by atoms with Crippen LogP contribution in [0.3, 0.4) is 0 Å². The molecule has 37 heavy (non-hydrogen) atoms. The number of benzene rings is 2. The Labute approximate surface area is 215 Å². The lowest BCUT2D eigenvalue weighted by atomic mass is 10.2. The highest BCUT2D eigenvalue weighted by Crippen LogP contribution is 2.36. The molecule has 14 heteroatoms. The fraction of sp³-hybridized carbons (Fsp3) is 0.130.